The minimum absolute atomic E-state index is 0.0365. The second-order valence-electron chi connectivity index (χ2n) is 4.10. The lowest BCUT2D eigenvalue weighted by Gasteiger charge is -2.12. The van der Waals surface area contributed by atoms with Crippen molar-refractivity contribution >= 4 is 11.7 Å². The van der Waals surface area contributed by atoms with Gasteiger partial charge in [0.2, 0.25) is 0 Å². The van der Waals surface area contributed by atoms with Crippen LogP contribution in [-0.4, -0.2) is 26.3 Å². The first-order valence-electron chi connectivity index (χ1n) is 6.03. The fourth-order valence-corrected chi connectivity index (χ4v) is 1.55. The minimum atomic E-state index is -4.66. The number of benzene rings is 1. The molecule has 0 saturated carbocycles. The van der Waals surface area contributed by atoms with E-state index in [0.717, 1.165) is 12.1 Å². The Kier molecular flexibility index (Phi) is 5.99. The highest BCUT2D eigenvalue weighted by Gasteiger charge is 2.33. The number of halogens is 3. The van der Waals surface area contributed by atoms with Crippen LogP contribution in [0.4, 0.5) is 23.7 Å². The number of anilines is 1. The van der Waals surface area contributed by atoms with Gasteiger partial charge in [0.05, 0.1) is 17.2 Å². The number of nitriles is 1. The molecule has 0 fully saturated rings. The number of carbonyl (C=O) groups excluding carboxylic acids is 1. The van der Waals surface area contributed by atoms with E-state index in [2.05, 4.69) is 10.6 Å². The summed E-state index contributed by atoms with van der Waals surface area (Å²) < 4.78 is 43.0. The van der Waals surface area contributed by atoms with E-state index in [-0.39, 0.29) is 5.69 Å². The second-order valence-corrected chi connectivity index (χ2v) is 4.10. The standard InChI is InChI=1S/C13H14F3N3O2/c1-21-6-2-5-18-12(20)19-10-4-3-9(8-17)11(7-10)13(14,15)16/h3-4,7H,2,5-6H2,1H3,(H2,18,19,20). The molecule has 0 spiro atoms. The van der Waals surface area contributed by atoms with Gasteiger partial charge in [0.25, 0.3) is 0 Å². The van der Waals surface area contributed by atoms with Crippen LogP contribution in [-0.2, 0) is 10.9 Å². The zero-order valence-electron chi connectivity index (χ0n) is 11.3. The van der Waals surface area contributed by atoms with Crippen molar-refractivity contribution in [3.63, 3.8) is 0 Å². The van der Waals surface area contributed by atoms with Gasteiger partial charge in [-0.1, -0.05) is 0 Å². The van der Waals surface area contributed by atoms with Crippen molar-refractivity contribution in [1.82, 2.24) is 5.32 Å². The van der Waals surface area contributed by atoms with E-state index < -0.39 is 23.3 Å². The van der Waals surface area contributed by atoms with Crippen LogP contribution < -0.4 is 10.6 Å². The lowest BCUT2D eigenvalue weighted by Crippen LogP contribution is -2.30. The van der Waals surface area contributed by atoms with Gasteiger partial charge in [0.15, 0.2) is 0 Å². The average Bonchev–Trinajstić information content (AvgIpc) is 2.42. The molecule has 114 valence electrons. The van der Waals surface area contributed by atoms with E-state index in [4.69, 9.17) is 10.00 Å². The van der Waals surface area contributed by atoms with Gasteiger partial charge in [-0.15, -0.1) is 0 Å². The van der Waals surface area contributed by atoms with Crippen LogP contribution in [0.15, 0.2) is 18.2 Å². The summed E-state index contributed by atoms with van der Waals surface area (Å²) in [6.07, 6.45) is -4.07. The Bertz CT molecular complexity index is 538. The molecule has 1 aromatic rings. The summed E-state index contributed by atoms with van der Waals surface area (Å²) in [5.41, 5.74) is -1.61. The van der Waals surface area contributed by atoms with Crippen molar-refractivity contribution in [2.75, 3.05) is 25.6 Å². The maximum atomic E-state index is 12.7. The molecule has 0 bridgehead atoms. The molecule has 2 N–H and O–H groups in total. The fraction of sp³-hybridized carbons (Fsp3) is 0.385. The third kappa shape index (κ3) is 5.31. The van der Waals surface area contributed by atoms with Crippen molar-refractivity contribution in [2.24, 2.45) is 0 Å². The highest BCUT2D eigenvalue weighted by atomic mass is 19.4. The van der Waals surface area contributed by atoms with E-state index in [1.54, 1.807) is 0 Å². The van der Waals surface area contributed by atoms with Gasteiger partial charge < -0.3 is 15.4 Å². The van der Waals surface area contributed by atoms with Gasteiger partial charge in [-0.05, 0) is 24.6 Å². The Morgan fingerprint density at radius 2 is 2.14 bits per heavy atom. The number of hydrogen-bond acceptors (Lipinski definition) is 3. The monoisotopic (exact) mass is 301 g/mol. The summed E-state index contributed by atoms with van der Waals surface area (Å²) in [4.78, 5) is 11.5. The predicted molar refractivity (Wildman–Crippen MR) is 69.7 cm³/mol. The van der Waals surface area contributed by atoms with Gasteiger partial charge in [-0.25, -0.2) is 4.79 Å². The third-order valence-corrected chi connectivity index (χ3v) is 2.51. The van der Waals surface area contributed by atoms with E-state index in [0.29, 0.717) is 19.6 Å². The van der Waals surface area contributed by atoms with E-state index in [1.165, 1.54) is 19.2 Å². The number of alkyl halides is 3. The maximum absolute atomic E-state index is 12.7. The zero-order chi connectivity index (χ0) is 15.9. The summed E-state index contributed by atoms with van der Waals surface area (Å²) in [5.74, 6) is 0. The first-order chi connectivity index (χ1) is 9.88. The van der Waals surface area contributed by atoms with E-state index in [1.807, 2.05) is 0 Å². The summed E-state index contributed by atoms with van der Waals surface area (Å²) in [7, 11) is 1.52. The largest absolute Gasteiger partial charge is 0.417 e. The molecule has 1 rings (SSSR count). The van der Waals surface area contributed by atoms with Crippen LogP contribution in [0.5, 0.6) is 0 Å². The molecule has 0 unspecified atom stereocenters. The first kappa shape index (κ1) is 16.8. The zero-order valence-corrected chi connectivity index (χ0v) is 11.3. The number of hydrogen-bond donors (Lipinski definition) is 2. The van der Waals surface area contributed by atoms with Crippen LogP contribution in [0.2, 0.25) is 0 Å². The lowest BCUT2D eigenvalue weighted by molar-refractivity contribution is -0.137. The summed E-state index contributed by atoms with van der Waals surface area (Å²) in [6.45, 7) is 0.803. The molecule has 0 radical (unpaired) electrons. The van der Waals surface area contributed by atoms with Gasteiger partial charge >= 0.3 is 12.2 Å². The number of carbonyl (C=O) groups is 1. The molecule has 0 aliphatic rings. The molecule has 0 saturated heterocycles. The lowest BCUT2D eigenvalue weighted by atomic mass is 10.1. The number of nitrogens with zero attached hydrogens (tertiary/aromatic N) is 1. The Morgan fingerprint density at radius 1 is 1.43 bits per heavy atom. The molecule has 0 aliphatic heterocycles. The van der Waals surface area contributed by atoms with Crippen LogP contribution in [0.3, 0.4) is 0 Å². The summed E-state index contributed by atoms with van der Waals surface area (Å²) in [6, 6.07) is 3.83. The molecule has 5 nitrogen and oxygen atoms in total. The molecule has 1 aromatic carbocycles. The van der Waals surface area contributed by atoms with Crippen molar-refractivity contribution in [2.45, 2.75) is 12.6 Å². The quantitative estimate of drug-likeness (QED) is 0.821. The van der Waals surface area contributed by atoms with Gasteiger partial charge in [0.1, 0.15) is 0 Å². The summed E-state index contributed by atoms with van der Waals surface area (Å²) >= 11 is 0. The fourth-order valence-electron chi connectivity index (χ4n) is 1.55. The molecule has 0 heterocycles. The van der Waals surface area contributed by atoms with Crippen molar-refractivity contribution in [3.05, 3.63) is 29.3 Å². The summed E-state index contributed by atoms with van der Waals surface area (Å²) in [5, 5.41) is 13.4. The van der Waals surface area contributed by atoms with Gasteiger partial charge in [-0.3, -0.25) is 0 Å². The van der Waals surface area contributed by atoms with Crippen LogP contribution in [0.25, 0.3) is 0 Å². The van der Waals surface area contributed by atoms with Crippen LogP contribution in [0.1, 0.15) is 17.5 Å². The van der Waals surface area contributed by atoms with E-state index in [9.17, 15) is 18.0 Å². The molecular weight excluding hydrogens is 287 g/mol. The Balaban J connectivity index is 2.72. The number of amides is 2. The Morgan fingerprint density at radius 3 is 2.71 bits per heavy atom. The molecule has 2 amide bonds. The molecule has 8 heteroatoms. The number of ether oxygens (including phenoxy) is 1. The predicted octanol–water partition coefficient (Wildman–Crippen LogP) is 2.74. The number of nitrogens with one attached hydrogen (secondary N) is 2. The van der Waals surface area contributed by atoms with Gasteiger partial charge in [-0.2, -0.15) is 18.4 Å². The third-order valence-electron chi connectivity index (χ3n) is 2.51. The molecule has 0 aromatic heterocycles. The minimum Gasteiger partial charge on any atom is -0.385 e. The van der Waals surface area contributed by atoms with Gasteiger partial charge in [0, 0.05) is 25.9 Å². The topological polar surface area (TPSA) is 74.2 Å². The van der Waals surface area contributed by atoms with Crippen LogP contribution >= 0.6 is 0 Å². The highest BCUT2D eigenvalue weighted by molar-refractivity contribution is 5.89. The number of rotatable bonds is 5. The molecule has 21 heavy (non-hydrogen) atoms. The maximum Gasteiger partial charge on any atom is 0.417 e. The first-order valence-corrected chi connectivity index (χ1v) is 6.03. The van der Waals surface area contributed by atoms with Crippen LogP contribution in [0, 0.1) is 11.3 Å². The molecular formula is C13H14F3N3O2. The Labute approximate surface area is 119 Å². The highest BCUT2D eigenvalue weighted by Crippen LogP contribution is 2.33. The second kappa shape index (κ2) is 7.50. The SMILES string of the molecule is COCCCNC(=O)Nc1ccc(C#N)c(C(F)(F)F)c1. The molecule has 0 aliphatic carbocycles. The number of methoxy groups -OCH3 is 1. The van der Waals surface area contributed by atoms with Crippen molar-refractivity contribution in [1.29, 1.82) is 5.26 Å². The number of urea groups is 1. The molecule has 0 atom stereocenters. The normalized spacial score (nSPS) is 10.8. The van der Waals surface area contributed by atoms with Crippen molar-refractivity contribution < 1.29 is 22.7 Å². The smallest absolute Gasteiger partial charge is 0.385 e. The van der Waals surface area contributed by atoms with E-state index >= 15 is 0 Å². The Hall–Kier alpha value is -2.27. The average molecular weight is 301 g/mol. The van der Waals surface area contributed by atoms with Crippen molar-refractivity contribution in [3.8, 4) is 6.07 Å².